The maximum Gasteiger partial charge on any atom is 0.279 e. The molecule has 1 aromatic heterocycles. The molecule has 1 unspecified atom stereocenters. The van der Waals surface area contributed by atoms with Crippen molar-refractivity contribution < 1.29 is 19.4 Å². The highest BCUT2D eigenvalue weighted by molar-refractivity contribution is 7.10. The average molecular weight is 362 g/mol. The first kappa shape index (κ1) is 17.4. The first-order valence-corrected chi connectivity index (χ1v) is 8.96. The first-order valence-electron chi connectivity index (χ1n) is 8.08. The number of nitro benzene ring substituents is 1. The number of nitro groups is 1. The number of hydrogen-bond acceptors (Lipinski definition) is 5. The van der Waals surface area contributed by atoms with E-state index >= 15 is 0 Å². The Bertz CT molecular complexity index is 763. The van der Waals surface area contributed by atoms with Gasteiger partial charge >= 0.3 is 0 Å². The predicted octanol–water partition coefficient (Wildman–Crippen LogP) is 2.02. The van der Waals surface area contributed by atoms with Crippen LogP contribution in [0, 0.1) is 10.1 Å². The zero-order chi connectivity index (χ0) is 17.8. The van der Waals surface area contributed by atoms with Crippen LogP contribution >= 0.6 is 11.3 Å². The van der Waals surface area contributed by atoms with E-state index in [1.54, 1.807) is 11.3 Å². The molecule has 1 aromatic carbocycles. The molecule has 0 aliphatic carbocycles. The molecule has 25 heavy (non-hydrogen) atoms. The van der Waals surface area contributed by atoms with Crippen molar-refractivity contribution in [2.24, 2.45) is 0 Å². The maximum atomic E-state index is 12.5. The Morgan fingerprint density at radius 1 is 1.48 bits per heavy atom. The fourth-order valence-electron chi connectivity index (χ4n) is 3.25. The molecule has 7 nitrogen and oxygen atoms in total. The summed E-state index contributed by atoms with van der Waals surface area (Å²) in [6.45, 7) is 1.33. The van der Waals surface area contributed by atoms with Gasteiger partial charge in [-0.3, -0.25) is 14.9 Å². The number of carbonyl (C=O) groups excluding carboxylic acids is 1. The lowest BCUT2D eigenvalue weighted by atomic mass is 10.2. The van der Waals surface area contributed by atoms with Crippen molar-refractivity contribution in [3.8, 4) is 5.75 Å². The highest BCUT2D eigenvalue weighted by atomic mass is 32.1. The smallest absolute Gasteiger partial charge is 0.279 e. The molecule has 2 atom stereocenters. The fourth-order valence-corrected chi connectivity index (χ4v) is 4.17. The first-order chi connectivity index (χ1) is 12.1. The van der Waals surface area contributed by atoms with Crippen LogP contribution in [-0.2, 0) is 4.79 Å². The third-order valence-corrected chi connectivity index (χ3v) is 5.41. The van der Waals surface area contributed by atoms with Crippen LogP contribution in [0.2, 0.25) is 0 Å². The number of thiophene rings is 1. The molecule has 2 N–H and O–H groups in total. The van der Waals surface area contributed by atoms with Crippen molar-refractivity contribution >= 4 is 28.6 Å². The monoisotopic (exact) mass is 362 g/mol. The second kappa shape index (κ2) is 7.62. The molecule has 3 rings (SSSR count). The number of nitrogens with one attached hydrogen (secondary N) is 2. The van der Waals surface area contributed by atoms with Crippen LogP contribution < -0.4 is 15.0 Å². The van der Waals surface area contributed by atoms with E-state index in [0.29, 0.717) is 18.3 Å². The number of hydrogen-bond donors (Lipinski definition) is 2. The minimum atomic E-state index is -0.492. The number of carbonyl (C=O) groups is 1. The number of quaternary nitrogens is 1. The third kappa shape index (κ3) is 3.97. The van der Waals surface area contributed by atoms with E-state index in [4.69, 9.17) is 4.74 Å². The van der Waals surface area contributed by atoms with Gasteiger partial charge in [-0.1, -0.05) is 6.07 Å². The summed E-state index contributed by atoms with van der Waals surface area (Å²) in [5.74, 6) is 0.166. The van der Waals surface area contributed by atoms with Crippen LogP contribution in [-0.4, -0.2) is 31.0 Å². The Morgan fingerprint density at radius 3 is 3.00 bits per heavy atom. The summed E-state index contributed by atoms with van der Waals surface area (Å²) in [6, 6.07) is 8.70. The van der Waals surface area contributed by atoms with Gasteiger partial charge < -0.3 is 15.0 Å². The number of rotatable bonds is 6. The Hall–Kier alpha value is -2.45. The highest BCUT2D eigenvalue weighted by Gasteiger charge is 2.32. The second-order valence-corrected chi connectivity index (χ2v) is 6.96. The van der Waals surface area contributed by atoms with Gasteiger partial charge in [0.05, 0.1) is 35.2 Å². The van der Waals surface area contributed by atoms with Gasteiger partial charge in [0.2, 0.25) is 0 Å². The topological polar surface area (TPSA) is 85.9 Å². The Labute approximate surface area is 149 Å². The summed E-state index contributed by atoms with van der Waals surface area (Å²) in [6.07, 6.45) is 2.19. The number of nitrogens with zero attached hydrogens (tertiary/aromatic N) is 1. The van der Waals surface area contributed by atoms with E-state index < -0.39 is 4.92 Å². The van der Waals surface area contributed by atoms with Crippen molar-refractivity contribution in [2.75, 3.05) is 25.5 Å². The van der Waals surface area contributed by atoms with E-state index in [9.17, 15) is 14.9 Å². The molecule has 1 aliphatic heterocycles. The van der Waals surface area contributed by atoms with Crippen molar-refractivity contribution in [1.82, 2.24) is 0 Å². The molecule has 0 spiro atoms. The van der Waals surface area contributed by atoms with Crippen molar-refractivity contribution in [1.29, 1.82) is 0 Å². The maximum absolute atomic E-state index is 12.5. The Balaban J connectivity index is 1.67. The number of ether oxygens (including phenoxy) is 1. The fraction of sp³-hybridized carbons (Fsp3) is 0.353. The number of anilines is 1. The quantitative estimate of drug-likeness (QED) is 0.608. The van der Waals surface area contributed by atoms with Gasteiger partial charge in [-0.15, -0.1) is 11.3 Å². The van der Waals surface area contributed by atoms with Gasteiger partial charge in [0, 0.05) is 18.9 Å². The summed E-state index contributed by atoms with van der Waals surface area (Å²) in [5, 5.41) is 15.7. The molecule has 0 bridgehead atoms. The lowest BCUT2D eigenvalue weighted by Crippen LogP contribution is -3.11. The minimum absolute atomic E-state index is 0.0715. The van der Waals surface area contributed by atoms with Crippen LogP contribution in [0.25, 0.3) is 0 Å². The highest BCUT2D eigenvalue weighted by Crippen LogP contribution is 2.29. The molecular weight excluding hydrogens is 342 g/mol. The zero-order valence-electron chi connectivity index (χ0n) is 13.9. The molecule has 1 amide bonds. The summed E-state index contributed by atoms with van der Waals surface area (Å²) < 4.78 is 5.16. The average Bonchev–Trinajstić information content (AvgIpc) is 3.26. The molecular formula is C17H20N3O4S+. The molecule has 132 valence electrons. The summed E-state index contributed by atoms with van der Waals surface area (Å²) in [7, 11) is 1.42. The Kier molecular flexibility index (Phi) is 5.30. The SMILES string of the molecule is COc1cc([N+](=O)[O-])ccc1NC(=O)C[NH+]1CCC[C@@H]1c1cccs1. The van der Waals surface area contributed by atoms with Gasteiger partial charge in [-0.05, 0) is 17.5 Å². The van der Waals surface area contributed by atoms with Gasteiger partial charge in [-0.25, -0.2) is 0 Å². The van der Waals surface area contributed by atoms with Crippen molar-refractivity contribution in [3.63, 3.8) is 0 Å². The third-order valence-electron chi connectivity index (χ3n) is 4.43. The molecule has 1 fully saturated rings. The standard InChI is InChI=1S/C17H19N3O4S/c1-24-15-10-12(20(22)23)6-7-13(15)18-17(21)11-19-8-2-4-14(19)16-5-3-9-25-16/h3,5-7,9-10,14H,2,4,8,11H2,1H3,(H,18,21)/p+1/t14-/m1/s1. The van der Waals surface area contributed by atoms with Crippen molar-refractivity contribution in [3.05, 3.63) is 50.7 Å². The molecule has 1 saturated heterocycles. The molecule has 1 aliphatic rings. The van der Waals surface area contributed by atoms with E-state index in [0.717, 1.165) is 19.4 Å². The summed E-state index contributed by atoms with van der Waals surface area (Å²) in [5.41, 5.74) is 0.377. The van der Waals surface area contributed by atoms with E-state index in [1.807, 2.05) is 6.07 Å². The number of likely N-dealkylation sites (tertiary alicyclic amines) is 1. The molecule has 2 heterocycles. The molecule has 0 radical (unpaired) electrons. The largest absolute Gasteiger partial charge is 0.494 e. The van der Waals surface area contributed by atoms with Crippen LogP contribution in [0.15, 0.2) is 35.7 Å². The van der Waals surface area contributed by atoms with Gasteiger partial charge in [0.1, 0.15) is 11.8 Å². The van der Waals surface area contributed by atoms with E-state index in [-0.39, 0.29) is 17.3 Å². The number of amides is 1. The number of non-ortho nitro benzene ring substituents is 1. The van der Waals surface area contributed by atoms with E-state index in [1.165, 1.54) is 35.1 Å². The molecule has 0 saturated carbocycles. The lowest BCUT2D eigenvalue weighted by Gasteiger charge is -2.20. The van der Waals surface area contributed by atoms with Gasteiger partial charge in [-0.2, -0.15) is 0 Å². The minimum Gasteiger partial charge on any atom is -0.494 e. The van der Waals surface area contributed by atoms with Crippen LogP contribution in [0.3, 0.4) is 0 Å². The summed E-state index contributed by atoms with van der Waals surface area (Å²) in [4.78, 5) is 25.4. The van der Waals surface area contributed by atoms with Gasteiger partial charge in [0.15, 0.2) is 6.54 Å². The van der Waals surface area contributed by atoms with Crippen LogP contribution in [0.5, 0.6) is 5.75 Å². The summed E-state index contributed by atoms with van der Waals surface area (Å²) >= 11 is 1.73. The van der Waals surface area contributed by atoms with Crippen molar-refractivity contribution in [2.45, 2.75) is 18.9 Å². The lowest BCUT2D eigenvalue weighted by molar-refractivity contribution is -0.910. The normalized spacial score (nSPS) is 19.6. The predicted molar refractivity (Wildman–Crippen MR) is 95.3 cm³/mol. The van der Waals surface area contributed by atoms with Gasteiger partial charge in [0.25, 0.3) is 11.6 Å². The molecule has 2 aromatic rings. The number of methoxy groups -OCH3 is 1. The number of benzene rings is 1. The zero-order valence-corrected chi connectivity index (χ0v) is 14.7. The van der Waals surface area contributed by atoms with Crippen LogP contribution in [0.4, 0.5) is 11.4 Å². The second-order valence-electron chi connectivity index (χ2n) is 5.99. The molecule has 8 heteroatoms. The van der Waals surface area contributed by atoms with Crippen LogP contribution in [0.1, 0.15) is 23.8 Å². The van der Waals surface area contributed by atoms with E-state index in [2.05, 4.69) is 16.8 Å². The Morgan fingerprint density at radius 2 is 2.32 bits per heavy atom.